The van der Waals surface area contributed by atoms with Crippen molar-refractivity contribution in [1.82, 2.24) is 20.1 Å². The van der Waals surface area contributed by atoms with Crippen LogP contribution in [-0.2, 0) is 13.0 Å². The van der Waals surface area contributed by atoms with Crippen molar-refractivity contribution >= 4 is 11.3 Å². The van der Waals surface area contributed by atoms with E-state index in [1.54, 1.807) is 0 Å². The van der Waals surface area contributed by atoms with Crippen molar-refractivity contribution in [3.05, 3.63) is 23.0 Å². The minimum Gasteiger partial charge on any atom is -0.312 e. The van der Waals surface area contributed by atoms with Gasteiger partial charge in [0, 0.05) is 29.2 Å². The average Bonchev–Trinajstić information content (AvgIpc) is 3.03. The Labute approximate surface area is 111 Å². The highest BCUT2D eigenvalue weighted by atomic mass is 32.1. The van der Waals surface area contributed by atoms with Crippen molar-refractivity contribution < 1.29 is 0 Å². The number of aryl methyl sites for hydroxylation is 2. The summed E-state index contributed by atoms with van der Waals surface area (Å²) in [6.45, 7) is 3.00. The first kappa shape index (κ1) is 11.9. The van der Waals surface area contributed by atoms with E-state index in [1.807, 2.05) is 29.3 Å². The lowest BCUT2D eigenvalue weighted by Crippen LogP contribution is -2.19. The number of hydrogen-bond acceptors (Lipinski definition) is 4. The van der Waals surface area contributed by atoms with Gasteiger partial charge in [-0.25, -0.2) is 4.98 Å². The summed E-state index contributed by atoms with van der Waals surface area (Å²) in [5, 5.41) is 8.83. The molecule has 1 aliphatic rings. The second kappa shape index (κ2) is 4.82. The Balaban J connectivity index is 1.97. The summed E-state index contributed by atoms with van der Waals surface area (Å²) in [6.07, 6.45) is 7.57. The normalized spacial score (nSPS) is 18.9. The molecule has 1 aliphatic carbocycles. The van der Waals surface area contributed by atoms with Crippen LogP contribution in [0.1, 0.15) is 36.4 Å². The minimum atomic E-state index is 0.487. The molecule has 2 aromatic heterocycles. The van der Waals surface area contributed by atoms with E-state index >= 15 is 0 Å². The molecule has 0 spiro atoms. The molecule has 0 aromatic carbocycles. The van der Waals surface area contributed by atoms with E-state index in [0.29, 0.717) is 6.04 Å². The molecule has 0 radical (unpaired) electrons. The van der Waals surface area contributed by atoms with Gasteiger partial charge in [-0.1, -0.05) is 0 Å². The van der Waals surface area contributed by atoms with Crippen molar-refractivity contribution in [2.75, 3.05) is 7.05 Å². The number of nitrogens with zero attached hydrogens (tertiary/aromatic N) is 3. The number of thiazole rings is 1. The fourth-order valence-electron chi connectivity index (χ4n) is 2.47. The summed E-state index contributed by atoms with van der Waals surface area (Å²) in [7, 11) is 2.04. The fourth-order valence-corrected chi connectivity index (χ4v) is 3.70. The first-order valence-electron chi connectivity index (χ1n) is 6.51. The van der Waals surface area contributed by atoms with Crippen LogP contribution in [0, 0.1) is 0 Å². The van der Waals surface area contributed by atoms with E-state index in [-0.39, 0.29) is 0 Å². The lowest BCUT2D eigenvalue weighted by atomic mass is 9.98. The molecule has 4 nitrogen and oxygen atoms in total. The Morgan fingerprint density at radius 1 is 1.56 bits per heavy atom. The zero-order valence-electron chi connectivity index (χ0n) is 10.8. The van der Waals surface area contributed by atoms with Crippen molar-refractivity contribution in [3.63, 3.8) is 0 Å². The molecule has 5 heteroatoms. The van der Waals surface area contributed by atoms with Gasteiger partial charge in [-0.05, 0) is 33.2 Å². The maximum absolute atomic E-state index is 4.79. The van der Waals surface area contributed by atoms with Gasteiger partial charge in [-0.2, -0.15) is 5.10 Å². The Bertz CT molecular complexity index is 543. The van der Waals surface area contributed by atoms with Gasteiger partial charge in [0.05, 0.1) is 11.9 Å². The van der Waals surface area contributed by atoms with Crippen LogP contribution in [-0.4, -0.2) is 21.8 Å². The second-order valence-electron chi connectivity index (χ2n) is 4.65. The van der Waals surface area contributed by atoms with Crippen LogP contribution in [0.2, 0.25) is 0 Å². The highest BCUT2D eigenvalue weighted by Gasteiger charge is 2.23. The Morgan fingerprint density at radius 2 is 2.44 bits per heavy atom. The molecule has 2 aromatic rings. The lowest BCUT2D eigenvalue weighted by Gasteiger charge is -2.19. The van der Waals surface area contributed by atoms with Gasteiger partial charge < -0.3 is 5.32 Å². The van der Waals surface area contributed by atoms with Gasteiger partial charge >= 0.3 is 0 Å². The summed E-state index contributed by atoms with van der Waals surface area (Å²) in [5.41, 5.74) is 2.43. The summed E-state index contributed by atoms with van der Waals surface area (Å²) >= 11 is 1.82. The minimum absolute atomic E-state index is 0.487. The zero-order valence-corrected chi connectivity index (χ0v) is 11.6. The zero-order chi connectivity index (χ0) is 12.5. The van der Waals surface area contributed by atoms with Crippen LogP contribution < -0.4 is 5.32 Å². The van der Waals surface area contributed by atoms with Crippen LogP contribution in [0.3, 0.4) is 0 Å². The molecular weight excluding hydrogens is 244 g/mol. The third kappa shape index (κ3) is 1.97. The molecule has 0 amide bonds. The van der Waals surface area contributed by atoms with E-state index < -0.39 is 0 Å². The molecule has 0 saturated heterocycles. The first-order valence-corrected chi connectivity index (χ1v) is 7.33. The molecule has 0 fully saturated rings. The molecule has 1 atom stereocenters. The molecule has 18 heavy (non-hydrogen) atoms. The van der Waals surface area contributed by atoms with E-state index in [9.17, 15) is 0 Å². The van der Waals surface area contributed by atoms with Gasteiger partial charge in [0.15, 0.2) is 0 Å². The topological polar surface area (TPSA) is 42.7 Å². The van der Waals surface area contributed by atoms with Crippen LogP contribution >= 0.6 is 11.3 Å². The third-order valence-corrected chi connectivity index (χ3v) is 4.76. The van der Waals surface area contributed by atoms with Gasteiger partial charge in [0.1, 0.15) is 5.01 Å². The number of hydrogen-bond donors (Lipinski definition) is 1. The SMILES string of the molecule is CCn1cc(-c2nc3c(s2)C(NC)CCC3)cn1. The molecule has 0 aliphatic heterocycles. The largest absolute Gasteiger partial charge is 0.312 e. The summed E-state index contributed by atoms with van der Waals surface area (Å²) in [6, 6.07) is 0.487. The van der Waals surface area contributed by atoms with E-state index in [2.05, 4.69) is 23.5 Å². The van der Waals surface area contributed by atoms with Crippen molar-refractivity contribution in [2.24, 2.45) is 0 Å². The molecular formula is C13H18N4S. The number of fused-ring (bicyclic) bond motifs is 1. The highest BCUT2D eigenvalue weighted by Crippen LogP contribution is 2.37. The third-order valence-electron chi connectivity index (χ3n) is 3.50. The second-order valence-corrected chi connectivity index (χ2v) is 5.68. The maximum Gasteiger partial charge on any atom is 0.127 e. The predicted octanol–water partition coefficient (Wildman–Crippen LogP) is 2.62. The van der Waals surface area contributed by atoms with Gasteiger partial charge in [0.2, 0.25) is 0 Å². The van der Waals surface area contributed by atoms with Crippen LogP contribution in [0.15, 0.2) is 12.4 Å². The number of aromatic nitrogens is 3. The lowest BCUT2D eigenvalue weighted by molar-refractivity contribution is 0.501. The Hall–Kier alpha value is -1.20. The van der Waals surface area contributed by atoms with Gasteiger partial charge in [0.25, 0.3) is 0 Å². The van der Waals surface area contributed by atoms with E-state index in [4.69, 9.17) is 4.98 Å². The van der Waals surface area contributed by atoms with Gasteiger partial charge in [-0.15, -0.1) is 11.3 Å². The maximum atomic E-state index is 4.79. The smallest absolute Gasteiger partial charge is 0.127 e. The van der Waals surface area contributed by atoms with Crippen molar-refractivity contribution in [1.29, 1.82) is 0 Å². The molecule has 0 bridgehead atoms. The average molecular weight is 262 g/mol. The van der Waals surface area contributed by atoms with Crippen molar-refractivity contribution in [3.8, 4) is 10.6 Å². The first-order chi connectivity index (χ1) is 8.81. The van der Waals surface area contributed by atoms with Crippen LogP contribution in [0.5, 0.6) is 0 Å². The summed E-state index contributed by atoms with van der Waals surface area (Å²) in [4.78, 5) is 6.21. The molecule has 1 unspecified atom stereocenters. The molecule has 0 saturated carbocycles. The Kier molecular flexibility index (Phi) is 3.18. The Morgan fingerprint density at radius 3 is 3.17 bits per heavy atom. The molecule has 2 heterocycles. The molecule has 1 N–H and O–H groups in total. The standard InChI is InChI=1S/C13H18N4S/c1-3-17-8-9(7-15-17)13-16-11-6-4-5-10(14-2)12(11)18-13/h7-8,10,14H,3-6H2,1-2H3. The highest BCUT2D eigenvalue weighted by molar-refractivity contribution is 7.15. The molecule has 96 valence electrons. The summed E-state index contributed by atoms with van der Waals surface area (Å²) < 4.78 is 1.95. The van der Waals surface area contributed by atoms with Crippen molar-refractivity contribution in [2.45, 2.75) is 38.8 Å². The quantitative estimate of drug-likeness (QED) is 0.924. The van der Waals surface area contributed by atoms with Crippen LogP contribution in [0.25, 0.3) is 10.6 Å². The van der Waals surface area contributed by atoms with Crippen LogP contribution in [0.4, 0.5) is 0 Å². The monoisotopic (exact) mass is 262 g/mol. The number of rotatable bonds is 3. The van der Waals surface area contributed by atoms with E-state index in [1.165, 1.54) is 23.4 Å². The predicted molar refractivity (Wildman–Crippen MR) is 73.7 cm³/mol. The number of nitrogens with one attached hydrogen (secondary N) is 1. The van der Waals surface area contributed by atoms with Gasteiger partial charge in [-0.3, -0.25) is 4.68 Å². The summed E-state index contributed by atoms with van der Waals surface area (Å²) in [5.74, 6) is 0. The molecule has 3 rings (SSSR count). The fraction of sp³-hybridized carbons (Fsp3) is 0.538. The van der Waals surface area contributed by atoms with E-state index in [0.717, 1.165) is 23.5 Å².